The molecule has 0 aromatic rings. The SMILES string of the molecule is CCC(C)C(C)=NCCO. The van der Waals surface area contributed by atoms with Gasteiger partial charge in [0.2, 0.25) is 0 Å². The van der Waals surface area contributed by atoms with Gasteiger partial charge < -0.3 is 5.11 Å². The molecule has 1 atom stereocenters. The summed E-state index contributed by atoms with van der Waals surface area (Å²) in [7, 11) is 0. The molecule has 0 bridgehead atoms. The maximum atomic E-state index is 8.46. The van der Waals surface area contributed by atoms with Crippen LogP contribution < -0.4 is 0 Å². The summed E-state index contributed by atoms with van der Waals surface area (Å²) in [5, 5.41) is 8.46. The van der Waals surface area contributed by atoms with Crippen LogP contribution in [0, 0.1) is 5.92 Å². The lowest BCUT2D eigenvalue weighted by molar-refractivity contribution is 0.306. The van der Waals surface area contributed by atoms with Crippen LogP contribution in [-0.4, -0.2) is 24.0 Å². The molecule has 10 heavy (non-hydrogen) atoms. The van der Waals surface area contributed by atoms with Crippen LogP contribution >= 0.6 is 0 Å². The molecule has 2 heteroatoms. The Morgan fingerprint density at radius 1 is 1.60 bits per heavy atom. The molecule has 0 heterocycles. The zero-order valence-electron chi connectivity index (χ0n) is 7.09. The lowest BCUT2D eigenvalue weighted by Crippen LogP contribution is -2.06. The molecule has 0 amide bonds. The molecular weight excluding hydrogens is 126 g/mol. The third kappa shape index (κ3) is 3.62. The van der Waals surface area contributed by atoms with Gasteiger partial charge in [-0.3, -0.25) is 4.99 Å². The van der Waals surface area contributed by atoms with E-state index in [1.807, 2.05) is 6.92 Å². The molecule has 0 spiro atoms. The van der Waals surface area contributed by atoms with E-state index in [4.69, 9.17) is 5.11 Å². The van der Waals surface area contributed by atoms with Crippen molar-refractivity contribution in [1.29, 1.82) is 0 Å². The van der Waals surface area contributed by atoms with Crippen LogP contribution in [-0.2, 0) is 0 Å². The second-order valence-electron chi connectivity index (χ2n) is 2.56. The van der Waals surface area contributed by atoms with Crippen LogP contribution in [0.3, 0.4) is 0 Å². The van der Waals surface area contributed by atoms with Gasteiger partial charge in [-0.2, -0.15) is 0 Å². The molecule has 0 fully saturated rings. The van der Waals surface area contributed by atoms with Crippen molar-refractivity contribution in [1.82, 2.24) is 0 Å². The number of hydrogen-bond acceptors (Lipinski definition) is 2. The number of rotatable bonds is 4. The van der Waals surface area contributed by atoms with E-state index in [-0.39, 0.29) is 6.61 Å². The van der Waals surface area contributed by atoms with E-state index in [1.165, 1.54) is 0 Å². The van der Waals surface area contributed by atoms with Gasteiger partial charge in [0.25, 0.3) is 0 Å². The molecule has 1 unspecified atom stereocenters. The average Bonchev–Trinajstić information content (AvgIpc) is 1.98. The predicted molar refractivity (Wildman–Crippen MR) is 44.5 cm³/mol. The normalized spacial score (nSPS) is 15.4. The Morgan fingerprint density at radius 3 is 2.60 bits per heavy atom. The Kier molecular flexibility index (Phi) is 5.22. The largest absolute Gasteiger partial charge is 0.394 e. The second-order valence-corrected chi connectivity index (χ2v) is 2.56. The Morgan fingerprint density at radius 2 is 2.20 bits per heavy atom. The third-order valence-electron chi connectivity index (χ3n) is 1.79. The minimum absolute atomic E-state index is 0.160. The first-order valence-corrected chi connectivity index (χ1v) is 3.84. The summed E-state index contributed by atoms with van der Waals surface area (Å²) in [5.41, 5.74) is 1.15. The maximum absolute atomic E-state index is 8.46. The topological polar surface area (TPSA) is 32.6 Å². The molecule has 60 valence electrons. The number of aliphatic hydroxyl groups excluding tert-OH is 1. The van der Waals surface area contributed by atoms with E-state index in [0.717, 1.165) is 12.1 Å². The van der Waals surface area contributed by atoms with Gasteiger partial charge in [-0.05, 0) is 19.3 Å². The zero-order chi connectivity index (χ0) is 7.98. The minimum atomic E-state index is 0.160. The van der Waals surface area contributed by atoms with Crippen molar-refractivity contribution in [2.75, 3.05) is 13.2 Å². The summed E-state index contributed by atoms with van der Waals surface area (Å²) in [6.45, 7) is 7.02. The van der Waals surface area contributed by atoms with Gasteiger partial charge in [-0.25, -0.2) is 0 Å². The molecule has 0 saturated carbocycles. The van der Waals surface area contributed by atoms with Crippen molar-refractivity contribution in [2.24, 2.45) is 10.9 Å². The van der Waals surface area contributed by atoms with E-state index in [2.05, 4.69) is 18.8 Å². The van der Waals surface area contributed by atoms with Gasteiger partial charge in [0.15, 0.2) is 0 Å². The summed E-state index contributed by atoms with van der Waals surface area (Å²) in [4.78, 5) is 4.18. The summed E-state index contributed by atoms with van der Waals surface area (Å²) in [5.74, 6) is 0.562. The van der Waals surface area contributed by atoms with Gasteiger partial charge in [-0.1, -0.05) is 13.8 Å². The van der Waals surface area contributed by atoms with Gasteiger partial charge in [-0.15, -0.1) is 0 Å². The molecule has 2 nitrogen and oxygen atoms in total. The fourth-order valence-electron chi connectivity index (χ4n) is 0.678. The Hall–Kier alpha value is -0.370. The highest BCUT2D eigenvalue weighted by atomic mass is 16.3. The minimum Gasteiger partial charge on any atom is -0.394 e. The zero-order valence-corrected chi connectivity index (χ0v) is 7.09. The number of aliphatic imine (C=N–C) groups is 1. The van der Waals surface area contributed by atoms with Crippen LogP contribution in [0.15, 0.2) is 4.99 Å². The van der Waals surface area contributed by atoms with Crippen LogP contribution in [0.1, 0.15) is 27.2 Å². The first-order chi connectivity index (χ1) is 4.72. The molecule has 0 aliphatic heterocycles. The van der Waals surface area contributed by atoms with E-state index in [0.29, 0.717) is 12.5 Å². The third-order valence-corrected chi connectivity index (χ3v) is 1.79. The number of aliphatic hydroxyl groups is 1. The molecule has 0 aromatic carbocycles. The molecule has 0 aromatic heterocycles. The molecule has 0 radical (unpaired) electrons. The second kappa shape index (κ2) is 5.42. The lowest BCUT2D eigenvalue weighted by Gasteiger charge is -2.06. The molecule has 0 rings (SSSR count). The fourth-order valence-corrected chi connectivity index (χ4v) is 0.678. The Labute approximate surface area is 63.0 Å². The van der Waals surface area contributed by atoms with E-state index < -0.39 is 0 Å². The standard InChI is InChI=1S/C8H17NO/c1-4-7(2)8(3)9-5-6-10/h7,10H,4-6H2,1-3H3. The summed E-state index contributed by atoms with van der Waals surface area (Å²) in [6.07, 6.45) is 1.13. The first-order valence-electron chi connectivity index (χ1n) is 3.84. The van der Waals surface area contributed by atoms with Crippen LogP contribution in [0.2, 0.25) is 0 Å². The average molecular weight is 143 g/mol. The van der Waals surface area contributed by atoms with Crippen molar-refractivity contribution in [3.8, 4) is 0 Å². The van der Waals surface area contributed by atoms with Gasteiger partial charge in [0.1, 0.15) is 0 Å². The number of nitrogens with zero attached hydrogens (tertiary/aromatic N) is 1. The van der Waals surface area contributed by atoms with Crippen molar-refractivity contribution in [3.63, 3.8) is 0 Å². The quantitative estimate of drug-likeness (QED) is 0.594. The van der Waals surface area contributed by atoms with Gasteiger partial charge in [0.05, 0.1) is 13.2 Å². The van der Waals surface area contributed by atoms with E-state index >= 15 is 0 Å². The molecule has 0 saturated heterocycles. The summed E-state index contributed by atoms with van der Waals surface area (Å²) in [6, 6.07) is 0. The Balaban J connectivity index is 3.67. The van der Waals surface area contributed by atoms with Crippen molar-refractivity contribution in [2.45, 2.75) is 27.2 Å². The molecular formula is C8H17NO. The lowest BCUT2D eigenvalue weighted by atomic mass is 10.0. The van der Waals surface area contributed by atoms with Crippen molar-refractivity contribution in [3.05, 3.63) is 0 Å². The van der Waals surface area contributed by atoms with Gasteiger partial charge >= 0.3 is 0 Å². The Bertz CT molecular complexity index is 110. The fraction of sp³-hybridized carbons (Fsp3) is 0.875. The number of hydrogen-bond donors (Lipinski definition) is 1. The molecule has 0 aliphatic rings. The smallest absolute Gasteiger partial charge is 0.0626 e. The van der Waals surface area contributed by atoms with Crippen molar-refractivity contribution < 1.29 is 5.11 Å². The highest BCUT2D eigenvalue weighted by molar-refractivity contribution is 5.83. The molecule has 1 N–H and O–H groups in total. The van der Waals surface area contributed by atoms with Crippen LogP contribution in [0.25, 0.3) is 0 Å². The monoisotopic (exact) mass is 143 g/mol. The van der Waals surface area contributed by atoms with Crippen LogP contribution in [0.5, 0.6) is 0 Å². The molecule has 0 aliphatic carbocycles. The van der Waals surface area contributed by atoms with Gasteiger partial charge in [0, 0.05) is 5.71 Å². The summed E-state index contributed by atoms with van der Waals surface area (Å²) < 4.78 is 0. The highest BCUT2D eigenvalue weighted by Crippen LogP contribution is 2.02. The van der Waals surface area contributed by atoms with E-state index in [1.54, 1.807) is 0 Å². The summed E-state index contributed by atoms with van der Waals surface area (Å²) >= 11 is 0. The van der Waals surface area contributed by atoms with Crippen LogP contribution in [0.4, 0.5) is 0 Å². The highest BCUT2D eigenvalue weighted by Gasteiger charge is 2.00. The van der Waals surface area contributed by atoms with E-state index in [9.17, 15) is 0 Å². The maximum Gasteiger partial charge on any atom is 0.0626 e. The van der Waals surface area contributed by atoms with Crippen molar-refractivity contribution >= 4 is 5.71 Å². The first kappa shape index (κ1) is 9.63. The predicted octanol–water partition coefficient (Wildman–Crippen LogP) is 1.49.